The van der Waals surface area contributed by atoms with Gasteiger partial charge in [0.2, 0.25) is 0 Å². The van der Waals surface area contributed by atoms with Gasteiger partial charge in [0, 0.05) is 36.8 Å². The highest BCUT2D eigenvalue weighted by Gasteiger charge is 2.45. The molecule has 1 amide bonds. The van der Waals surface area contributed by atoms with E-state index in [1.54, 1.807) is 29.2 Å². The van der Waals surface area contributed by atoms with Gasteiger partial charge in [0.15, 0.2) is 0 Å². The van der Waals surface area contributed by atoms with E-state index in [4.69, 9.17) is 21.1 Å². The number of aliphatic hydroxyl groups is 1. The minimum atomic E-state index is -0.685. The number of ether oxygens (including phenoxy) is 2. The Morgan fingerprint density at radius 1 is 1.03 bits per heavy atom. The summed E-state index contributed by atoms with van der Waals surface area (Å²) in [7, 11) is 0. The number of hydrogen-bond acceptors (Lipinski definition) is 6. The molecule has 1 unspecified atom stereocenters. The molecule has 8 heteroatoms. The molecule has 0 aromatic heterocycles. The second kappa shape index (κ2) is 12.4. The van der Waals surface area contributed by atoms with Crippen molar-refractivity contribution in [2.24, 2.45) is 0 Å². The maximum Gasteiger partial charge on any atom is 0.295 e. The molecule has 2 aromatic rings. The molecule has 0 saturated carbocycles. The van der Waals surface area contributed by atoms with Crippen LogP contribution in [0.1, 0.15) is 43.4 Å². The van der Waals surface area contributed by atoms with Crippen molar-refractivity contribution in [3.8, 4) is 5.75 Å². The van der Waals surface area contributed by atoms with E-state index in [-0.39, 0.29) is 11.3 Å². The first kappa shape index (κ1) is 26.2. The van der Waals surface area contributed by atoms with Crippen molar-refractivity contribution in [1.29, 1.82) is 0 Å². The predicted molar refractivity (Wildman–Crippen MR) is 139 cm³/mol. The van der Waals surface area contributed by atoms with Crippen LogP contribution in [0.2, 0.25) is 5.02 Å². The van der Waals surface area contributed by atoms with Crippen molar-refractivity contribution in [3.05, 3.63) is 70.3 Å². The fourth-order valence-corrected chi connectivity index (χ4v) is 4.72. The van der Waals surface area contributed by atoms with Crippen LogP contribution in [0.25, 0.3) is 5.76 Å². The largest absolute Gasteiger partial charge is 0.507 e. The second-order valence-corrected chi connectivity index (χ2v) is 9.51. The summed E-state index contributed by atoms with van der Waals surface area (Å²) in [6.45, 7) is 7.08. The smallest absolute Gasteiger partial charge is 0.295 e. The topological polar surface area (TPSA) is 79.3 Å². The molecule has 2 aliphatic rings. The van der Waals surface area contributed by atoms with Crippen LogP contribution >= 0.6 is 11.6 Å². The van der Waals surface area contributed by atoms with Crippen LogP contribution < -0.4 is 4.74 Å². The number of likely N-dealkylation sites (tertiary alicyclic amines) is 1. The van der Waals surface area contributed by atoms with Crippen molar-refractivity contribution < 1.29 is 24.2 Å². The summed E-state index contributed by atoms with van der Waals surface area (Å²) in [5.74, 6) is -0.744. The van der Waals surface area contributed by atoms with Gasteiger partial charge in [-0.1, -0.05) is 37.1 Å². The zero-order valence-electron chi connectivity index (χ0n) is 20.6. The number of hydrogen-bond donors (Lipinski definition) is 1. The molecule has 36 heavy (non-hydrogen) atoms. The van der Waals surface area contributed by atoms with Gasteiger partial charge < -0.3 is 19.5 Å². The summed E-state index contributed by atoms with van der Waals surface area (Å²) in [5, 5.41) is 11.7. The van der Waals surface area contributed by atoms with Crippen molar-refractivity contribution in [3.63, 3.8) is 0 Å². The number of aliphatic hydroxyl groups excluding tert-OH is 1. The molecule has 4 rings (SSSR count). The third-order valence-corrected chi connectivity index (χ3v) is 6.85. The van der Waals surface area contributed by atoms with Crippen LogP contribution in [0, 0.1) is 0 Å². The van der Waals surface area contributed by atoms with Gasteiger partial charge >= 0.3 is 0 Å². The molecule has 192 valence electrons. The Morgan fingerprint density at radius 2 is 1.72 bits per heavy atom. The van der Waals surface area contributed by atoms with Crippen LogP contribution in [-0.2, 0) is 14.3 Å². The maximum absolute atomic E-state index is 13.2. The minimum absolute atomic E-state index is 0.0911. The lowest BCUT2D eigenvalue weighted by Gasteiger charge is -2.29. The van der Waals surface area contributed by atoms with Gasteiger partial charge in [-0.15, -0.1) is 0 Å². The minimum Gasteiger partial charge on any atom is -0.507 e. The number of benzene rings is 2. The van der Waals surface area contributed by atoms with E-state index in [1.807, 2.05) is 24.3 Å². The van der Waals surface area contributed by atoms with Gasteiger partial charge in [-0.2, -0.15) is 0 Å². The van der Waals surface area contributed by atoms with E-state index >= 15 is 0 Å². The Bertz CT molecular complexity index is 1080. The predicted octanol–water partition coefficient (Wildman–Crippen LogP) is 4.66. The Labute approximate surface area is 217 Å². The molecule has 1 N–H and O–H groups in total. The fourth-order valence-electron chi connectivity index (χ4n) is 4.59. The first-order valence-corrected chi connectivity index (χ1v) is 12.9. The van der Waals surface area contributed by atoms with E-state index < -0.39 is 17.7 Å². The van der Waals surface area contributed by atoms with Crippen molar-refractivity contribution in [2.45, 2.75) is 32.2 Å². The highest BCUT2D eigenvalue weighted by atomic mass is 35.5. The van der Waals surface area contributed by atoms with Crippen LogP contribution in [-0.4, -0.2) is 72.6 Å². The summed E-state index contributed by atoms with van der Waals surface area (Å²) in [4.78, 5) is 30.2. The summed E-state index contributed by atoms with van der Waals surface area (Å²) >= 11 is 6.01. The molecule has 2 aliphatic heterocycles. The number of unbranched alkanes of at least 4 members (excludes halogenated alkanes) is 1. The number of nitrogens with zero attached hydrogens (tertiary/aromatic N) is 2. The molecule has 2 saturated heterocycles. The Balaban J connectivity index is 1.62. The number of amides is 1. The van der Waals surface area contributed by atoms with Gasteiger partial charge in [-0.05, 0) is 54.8 Å². The SMILES string of the molecule is CCCCOc1ccc(C2/C(=C(/O)c3ccc(Cl)cc3)C(=O)C(=O)N2CCCN2CCOCC2)cc1. The monoisotopic (exact) mass is 512 g/mol. The Kier molecular flexibility index (Phi) is 9.02. The number of rotatable bonds is 10. The van der Waals surface area contributed by atoms with Crippen LogP contribution in [0.3, 0.4) is 0 Å². The molecule has 2 aromatic carbocycles. The fraction of sp³-hybridized carbons (Fsp3) is 0.429. The van der Waals surface area contributed by atoms with Gasteiger partial charge in [-0.25, -0.2) is 0 Å². The number of carbonyl (C=O) groups is 2. The highest BCUT2D eigenvalue weighted by molar-refractivity contribution is 6.46. The lowest BCUT2D eigenvalue weighted by Crippen LogP contribution is -2.38. The number of carbonyl (C=O) groups excluding carboxylic acids is 2. The molecule has 2 heterocycles. The Morgan fingerprint density at radius 3 is 2.39 bits per heavy atom. The average molecular weight is 513 g/mol. The van der Waals surface area contributed by atoms with E-state index in [1.165, 1.54) is 0 Å². The standard InChI is InChI=1S/C28H33ClN2O5/c1-2-3-17-36-23-11-7-20(8-12-23)25-24(26(32)21-5-9-22(29)10-6-21)27(33)28(34)31(25)14-4-13-30-15-18-35-19-16-30/h5-12,25,32H,2-4,13-19H2,1H3/b26-24-. The number of halogens is 1. The van der Waals surface area contributed by atoms with Crippen LogP contribution in [0.5, 0.6) is 5.75 Å². The quantitative estimate of drug-likeness (QED) is 0.216. The average Bonchev–Trinajstić information content (AvgIpc) is 3.15. The maximum atomic E-state index is 13.2. The number of morpholine rings is 1. The third kappa shape index (κ3) is 6.09. The number of Topliss-reactive ketones (excluding diaryl/α,β-unsaturated/α-hetero) is 1. The molecule has 0 spiro atoms. The molecule has 1 atom stereocenters. The van der Waals surface area contributed by atoms with E-state index in [2.05, 4.69) is 11.8 Å². The van der Waals surface area contributed by atoms with Gasteiger partial charge in [-0.3, -0.25) is 14.5 Å². The van der Waals surface area contributed by atoms with Crippen molar-refractivity contribution in [2.75, 3.05) is 46.0 Å². The third-order valence-electron chi connectivity index (χ3n) is 6.60. The lowest BCUT2D eigenvalue weighted by atomic mass is 9.95. The molecule has 0 aliphatic carbocycles. The summed E-state index contributed by atoms with van der Waals surface area (Å²) in [6, 6.07) is 13.3. The van der Waals surface area contributed by atoms with Gasteiger partial charge in [0.1, 0.15) is 11.5 Å². The van der Waals surface area contributed by atoms with E-state index in [9.17, 15) is 14.7 Å². The van der Waals surface area contributed by atoms with Crippen LogP contribution in [0.15, 0.2) is 54.1 Å². The zero-order valence-corrected chi connectivity index (χ0v) is 21.4. The zero-order chi connectivity index (χ0) is 25.5. The van der Waals surface area contributed by atoms with E-state index in [0.29, 0.717) is 43.4 Å². The molecule has 0 bridgehead atoms. The molecule has 2 fully saturated rings. The first-order chi connectivity index (χ1) is 17.5. The molecular formula is C28H33ClN2O5. The normalized spacial score (nSPS) is 20.2. The molecule has 0 radical (unpaired) electrons. The van der Waals surface area contributed by atoms with Crippen molar-refractivity contribution in [1.82, 2.24) is 9.80 Å². The number of ketones is 1. The van der Waals surface area contributed by atoms with Gasteiger partial charge in [0.25, 0.3) is 11.7 Å². The van der Waals surface area contributed by atoms with Crippen LogP contribution in [0.4, 0.5) is 0 Å². The van der Waals surface area contributed by atoms with Crippen molar-refractivity contribution >= 4 is 29.1 Å². The summed E-state index contributed by atoms with van der Waals surface area (Å²) < 4.78 is 11.2. The van der Waals surface area contributed by atoms with E-state index in [0.717, 1.165) is 43.8 Å². The Hall–Kier alpha value is -2.87. The lowest BCUT2D eigenvalue weighted by molar-refractivity contribution is -0.140. The molecule has 7 nitrogen and oxygen atoms in total. The summed E-state index contributed by atoms with van der Waals surface area (Å²) in [6.07, 6.45) is 2.72. The first-order valence-electron chi connectivity index (χ1n) is 12.6. The highest BCUT2D eigenvalue weighted by Crippen LogP contribution is 2.40. The van der Waals surface area contributed by atoms with Gasteiger partial charge in [0.05, 0.1) is 31.4 Å². The molecular weight excluding hydrogens is 480 g/mol. The summed E-state index contributed by atoms with van der Waals surface area (Å²) in [5.41, 5.74) is 1.28. The second-order valence-electron chi connectivity index (χ2n) is 9.08.